The number of anilines is 1. The van der Waals surface area contributed by atoms with E-state index in [4.69, 9.17) is 4.74 Å². The van der Waals surface area contributed by atoms with Gasteiger partial charge in [-0.25, -0.2) is 4.98 Å². The Morgan fingerprint density at radius 3 is 2.79 bits per heavy atom. The SMILES string of the molecule is COC[C@@H](C)n1c(SCC(=O)Nc2ccc(Br)c(C)c2)nc2ccccc2c1=O. The minimum atomic E-state index is -0.204. The van der Waals surface area contributed by atoms with Gasteiger partial charge < -0.3 is 10.1 Å². The van der Waals surface area contributed by atoms with E-state index >= 15 is 0 Å². The maximum atomic E-state index is 13.0. The zero-order chi connectivity index (χ0) is 21.0. The summed E-state index contributed by atoms with van der Waals surface area (Å²) in [5, 5.41) is 3.94. The van der Waals surface area contributed by atoms with E-state index in [1.807, 2.05) is 44.2 Å². The lowest BCUT2D eigenvalue weighted by Gasteiger charge is -2.18. The van der Waals surface area contributed by atoms with Crippen LogP contribution in [0.2, 0.25) is 0 Å². The van der Waals surface area contributed by atoms with E-state index in [0.29, 0.717) is 22.7 Å². The Labute approximate surface area is 181 Å². The summed E-state index contributed by atoms with van der Waals surface area (Å²) >= 11 is 4.69. The van der Waals surface area contributed by atoms with Gasteiger partial charge in [0.15, 0.2) is 5.16 Å². The topological polar surface area (TPSA) is 73.2 Å². The molecule has 6 nitrogen and oxygen atoms in total. The second-order valence-corrected chi connectivity index (χ2v) is 8.49. The average molecular weight is 476 g/mol. The van der Waals surface area contributed by atoms with Gasteiger partial charge >= 0.3 is 0 Å². The third-order valence-corrected chi connectivity index (χ3v) is 6.24. The van der Waals surface area contributed by atoms with E-state index in [9.17, 15) is 9.59 Å². The molecule has 0 spiro atoms. The highest BCUT2D eigenvalue weighted by Gasteiger charge is 2.17. The van der Waals surface area contributed by atoms with Crippen LogP contribution in [0.4, 0.5) is 5.69 Å². The number of rotatable bonds is 7. The summed E-state index contributed by atoms with van der Waals surface area (Å²) in [6, 6.07) is 12.7. The summed E-state index contributed by atoms with van der Waals surface area (Å²) in [6.07, 6.45) is 0. The number of nitrogens with one attached hydrogen (secondary N) is 1. The number of benzene rings is 2. The molecule has 0 fully saturated rings. The van der Waals surface area contributed by atoms with Crippen molar-refractivity contribution in [1.82, 2.24) is 9.55 Å². The number of aryl methyl sites for hydroxylation is 1. The number of amides is 1. The summed E-state index contributed by atoms with van der Waals surface area (Å²) in [7, 11) is 1.59. The molecule has 1 atom stereocenters. The second-order valence-electron chi connectivity index (χ2n) is 6.69. The first-order valence-electron chi connectivity index (χ1n) is 9.09. The third kappa shape index (κ3) is 5.07. The average Bonchev–Trinajstić information content (AvgIpc) is 2.69. The molecule has 2 aromatic carbocycles. The largest absolute Gasteiger partial charge is 0.383 e. The lowest BCUT2D eigenvalue weighted by Crippen LogP contribution is -2.29. The van der Waals surface area contributed by atoms with Crippen LogP contribution < -0.4 is 10.9 Å². The molecule has 29 heavy (non-hydrogen) atoms. The highest BCUT2D eigenvalue weighted by molar-refractivity contribution is 9.10. The lowest BCUT2D eigenvalue weighted by atomic mass is 10.2. The van der Waals surface area contributed by atoms with Crippen LogP contribution in [0.25, 0.3) is 10.9 Å². The van der Waals surface area contributed by atoms with Crippen LogP contribution >= 0.6 is 27.7 Å². The van der Waals surface area contributed by atoms with Gasteiger partial charge in [-0.3, -0.25) is 14.2 Å². The molecule has 0 aliphatic rings. The van der Waals surface area contributed by atoms with E-state index in [-0.39, 0.29) is 23.3 Å². The molecule has 1 N–H and O–H groups in total. The smallest absolute Gasteiger partial charge is 0.262 e. The van der Waals surface area contributed by atoms with Crippen molar-refractivity contribution in [3.8, 4) is 0 Å². The molecule has 152 valence electrons. The fourth-order valence-corrected chi connectivity index (χ4v) is 4.13. The van der Waals surface area contributed by atoms with E-state index in [2.05, 4.69) is 26.2 Å². The Kier molecular flexibility index (Phi) is 7.10. The standard InChI is InChI=1S/C21H22BrN3O3S/c1-13-10-15(8-9-17(13)22)23-19(26)12-29-21-24-18-7-5-4-6-16(18)20(27)25(21)14(2)11-28-3/h4-10,14H,11-12H2,1-3H3,(H,23,26)/t14-/m1/s1. The molecule has 1 aromatic heterocycles. The number of methoxy groups -OCH3 is 1. The van der Waals surface area contributed by atoms with Gasteiger partial charge in [0.05, 0.1) is 29.3 Å². The van der Waals surface area contributed by atoms with Gasteiger partial charge in [0.2, 0.25) is 5.91 Å². The normalized spacial score (nSPS) is 12.1. The molecular formula is C21H22BrN3O3S. The Bertz CT molecular complexity index is 1100. The number of hydrogen-bond donors (Lipinski definition) is 1. The Morgan fingerprint density at radius 2 is 2.07 bits per heavy atom. The van der Waals surface area contributed by atoms with Crippen molar-refractivity contribution < 1.29 is 9.53 Å². The highest BCUT2D eigenvalue weighted by Crippen LogP contribution is 2.23. The van der Waals surface area contributed by atoms with Crippen molar-refractivity contribution in [2.45, 2.75) is 25.0 Å². The molecule has 0 bridgehead atoms. The lowest BCUT2D eigenvalue weighted by molar-refractivity contribution is -0.113. The molecule has 0 radical (unpaired) electrons. The number of aromatic nitrogens is 2. The van der Waals surface area contributed by atoms with E-state index in [1.165, 1.54) is 11.8 Å². The van der Waals surface area contributed by atoms with E-state index in [0.717, 1.165) is 15.7 Å². The first-order valence-corrected chi connectivity index (χ1v) is 10.9. The molecule has 1 heterocycles. The molecule has 1 amide bonds. The predicted molar refractivity (Wildman–Crippen MR) is 121 cm³/mol. The molecule has 0 saturated carbocycles. The van der Waals surface area contributed by atoms with Gasteiger partial charge in [-0.1, -0.05) is 39.8 Å². The number of carbonyl (C=O) groups is 1. The monoisotopic (exact) mass is 475 g/mol. The summed E-state index contributed by atoms with van der Waals surface area (Å²) < 4.78 is 7.82. The van der Waals surface area contributed by atoms with Gasteiger partial charge in [-0.2, -0.15) is 0 Å². The van der Waals surface area contributed by atoms with Crippen molar-refractivity contribution in [1.29, 1.82) is 0 Å². The number of halogens is 1. The first-order chi connectivity index (χ1) is 13.9. The number of thioether (sulfide) groups is 1. The molecule has 3 rings (SSSR count). The summed E-state index contributed by atoms with van der Waals surface area (Å²) in [5.41, 5.74) is 2.25. The Morgan fingerprint density at radius 1 is 1.31 bits per heavy atom. The summed E-state index contributed by atoms with van der Waals surface area (Å²) in [4.78, 5) is 30.1. The van der Waals surface area contributed by atoms with Crippen LogP contribution in [0, 0.1) is 6.92 Å². The third-order valence-electron chi connectivity index (χ3n) is 4.40. The number of para-hydroxylation sites is 1. The molecular weight excluding hydrogens is 454 g/mol. The van der Waals surface area contributed by atoms with Crippen LogP contribution in [-0.2, 0) is 9.53 Å². The molecule has 8 heteroatoms. The Balaban J connectivity index is 1.84. The zero-order valence-corrected chi connectivity index (χ0v) is 18.8. The molecule has 0 unspecified atom stereocenters. The first kappa shape index (κ1) is 21.5. The molecule has 0 saturated heterocycles. The van der Waals surface area contributed by atoms with Gasteiger partial charge in [-0.15, -0.1) is 0 Å². The number of fused-ring (bicyclic) bond motifs is 1. The van der Waals surface area contributed by atoms with Crippen LogP contribution in [0.15, 0.2) is 56.9 Å². The number of ether oxygens (including phenoxy) is 1. The van der Waals surface area contributed by atoms with Crippen molar-refractivity contribution in [3.63, 3.8) is 0 Å². The van der Waals surface area contributed by atoms with Crippen molar-refractivity contribution in [3.05, 3.63) is 62.9 Å². The van der Waals surface area contributed by atoms with Gasteiger partial charge in [-0.05, 0) is 49.7 Å². The van der Waals surface area contributed by atoms with Crippen molar-refractivity contribution >= 4 is 50.2 Å². The van der Waals surface area contributed by atoms with Crippen molar-refractivity contribution in [2.24, 2.45) is 0 Å². The van der Waals surface area contributed by atoms with Crippen LogP contribution in [0.5, 0.6) is 0 Å². The van der Waals surface area contributed by atoms with Gasteiger partial charge in [0.1, 0.15) is 0 Å². The second kappa shape index (κ2) is 9.56. The molecule has 3 aromatic rings. The fraction of sp³-hybridized carbons (Fsp3) is 0.286. The van der Waals surface area contributed by atoms with Crippen molar-refractivity contribution in [2.75, 3.05) is 24.8 Å². The van der Waals surface area contributed by atoms with Gasteiger partial charge in [0, 0.05) is 17.3 Å². The Hall–Kier alpha value is -2.16. The number of nitrogens with zero attached hydrogens (tertiary/aromatic N) is 2. The van der Waals surface area contributed by atoms with Crippen LogP contribution in [0.3, 0.4) is 0 Å². The minimum absolute atomic E-state index is 0.133. The summed E-state index contributed by atoms with van der Waals surface area (Å²) in [6.45, 7) is 4.23. The number of hydrogen-bond acceptors (Lipinski definition) is 5. The predicted octanol–water partition coefficient (Wildman–Crippen LogP) is 4.41. The summed E-state index contributed by atoms with van der Waals surface area (Å²) in [5.74, 6) is -0.0235. The number of carbonyl (C=O) groups excluding carboxylic acids is 1. The van der Waals surface area contributed by atoms with Gasteiger partial charge in [0.25, 0.3) is 5.56 Å². The zero-order valence-electron chi connectivity index (χ0n) is 16.4. The van der Waals surface area contributed by atoms with Crippen LogP contribution in [0.1, 0.15) is 18.5 Å². The quantitative estimate of drug-likeness (QED) is 0.404. The van der Waals surface area contributed by atoms with E-state index < -0.39 is 0 Å². The molecule has 0 aliphatic carbocycles. The fourth-order valence-electron chi connectivity index (χ4n) is 2.98. The maximum absolute atomic E-state index is 13.0. The maximum Gasteiger partial charge on any atom is 0.262 e. The molecule has 0 aliphatic heterocycles. The van der Waals surface area contributed by atoms with Crippen LogP contribution in [-0.4, -0.2) is 34.9 Å². The minimum Gasteiger partial charge on any atom is -0.383 e. The highest BCUT2D eigenvalue weighted by atomic mass is 79.9. The van der Waals surface area contributed by atoms with E-state index in [1.54, 1.807) is 23.8 Å².